The van der Waals surface area contributed by atoms with Gasteiger partial charge in [-0.2, -0.15) is 0 Å². The van der Waals surface area contributed by atoms with E-state index in [4.69, 9.17) is 14.8 Å². The summed E-state index contributed by atoms with van der Waals surface area (Å²) >= 11 is -5.00. The predicted octanol–water partition coefficient (Wildman–Crippen LogP) is -3.42. The van der Waals surface area contributed by atoms with Crippen LogP contribution in [-0.4, -0.2) is 32.1 Å². The Labute approximate surface area is 66.5 Å². The van der Waals surface area contributed by atoms with E-state index in [-0.39, 0.29) is 33.9 Å². The molecule has 0 fully saturated rings. The molecule has 0 bridgehead atoms. The Morgan fingerprint density at radius 3 is 0.857 bits per heavy atom. The van der Waals surface area contributed by atoms with E-state index >= 15 is 0 Å². The molecular weight excluding hydrogens is 198 g/mol. The van der Waals surface area contributed by atoms with Gasteiger partial charge >= 0.3 is 32.9 Å². The molecule has 48 valence electrons. The van der Waals surface area contributed by atoms with E-state index in [1.165, 1.54) is 0 Å². The standard InChI is InChI=1S/Al.Ni.4H2O.Ti.3H/h;;4*1H2;;;;/q;;;;;;+4;;;/p-4. The first-order valence-corrected chi connectivity index (χ1v) is 3.69. The second kappa shape index (κ2) is 5.71. The van der Waals surface area contributed by atoms with Crippen molar-refractivity contribution >= 4 is 17.4 Å². The van der Waals surface area contributed by atoms with E-state index in [1.54, 1.807) is 0 Å². The molecule has 4 nitrogen and oxygen atoms in total. The van der Waals surface area contributed by atoms with Gasteiger partial charge in [0.25, 0.3) is 0 Å². The van der Waals surface area contributed by atoms with Gasteiger partial charge in [0, 0.05) is 16.5 Å². The van der Waals surface area contributed by atoms with Crippen LogP contribution < -0.4 is 0 Å². The molecule has 0 rings (SSSR count). The minimum atomic E-state index is -5.00. The number of hydrogen-bond donors (Lipinski definition) is 4. The van der Waals surface area contributed by atoms with E-state index in [9.17, 15) is 0 Å². The Morgan fingerprint density at radius 2 is 0.857 bits per heavy atom. The topological polar surface area (TPSA) is 80.9 Å². The molecule has 0 heterocycles. The van der Waals surface area contributed by atoms with Crippen molar-refractivity contribution in [3.05, 3.63) is 0 Å². The Balaban J connectivity index is -0.0000000800. The molecule has 0 spiro atoms. The summed E-state index contributed by atoms with van der Waals surface area (Å²) < 4.78 is 29.5. The summed E-state index contributed by atoms with van der Waals surface area (Å²) in [6, 6.07) is 0. The van der Waals surface area contributed by atoms with Gasteiger partial charge in [0.05, 0.1) is 0 Å². The molecule has 0 aromatic heterocycles. The molecule has 0 aromatic rings. The van der Waals surface area contributed by atoms with Crippen molar-refractivity contribution in [1.82, 2.24) is 0 Å². The van der Waals surface area contributed by atoms with Crippen LogP contribution in [0, 0.1) is 0 Å². The molecule has 0 unspecified atom stereocenters. The van der Waals surface area contributed by atoms with Crippen molar-refractivity contribution in [2.75, 3.05) is 0 Å². The average molecular weight is 205 g/mol. The van der Waals surface area contributed by atoms with Crippen LogP contribution in [0.5, 0.6) is 0 Å². The first-order valence-electron chi connectivity index (χ1n) is 0.894. The molecule has 0 saturated heterocycles. The maximum atomic E-state index is 7.38. The SMILES string of the molecule is [AlH3].[Ni].[OH][Ti]([OH])([OH])[OH]. The van der Waals surface area contributed by atoms with Crippen molar-refractivity contribution in [2.45, 2.75) is 0 Å². The zero-order valence-corrected chi connectivity index (χ0v) is 5.15. The zero-order valence-electron chi connectivity index (χ0n) is 2.61. The van der Waals surface area contributed by atoms with Crippen LogP contribution in [0.3, 0.4) is 0 Å². The molecule has 0 aliphatic heterocycles. The summed E-state index contributed by atoms with van der Waals surface area (Å²) in [4.78, 5) is 0. The van der Waals surface area contributed by atoms with Crippen LogP contribution in [0.4, 0.5) is 0 Å². The van der Waals surface area contributed by atoms with Gasteiger partial charge in [-0.25, -0.2) is 0 Å². The Hall–Kier alpha value is 1.58. The molecule has 0 radical (unpaired) electrons. The molecular formula is H7AlNiO4Ti. The van der Waals surface area contributed by atoms with Crippen molar-refractivity contribution in [3.8, 4) is 0 Å². The fourth-order valence-corrected chi connectivity index (χ4v) is 0. The van der Waals surface area contributed by atoms with Gasteiger partial charge < -0.3 is 0 Å². The van der Waals surface area contributed by atoms with E-state index in [0.29, 0.717) is 0 Å². The predicted molar refractivity (Wildman–Crippen MR) is 18.8 cm³/mol. The summed E-state index contributed by atoms with van der Waals surface area (Å²) in [6.45, 7) is 0. The Kier molecular flexibility index (Phi) is 12.9. The van der Waals surface area contributed by atoms with Crippen LogP contribution in [0.2, 0.25) is 0 Å². The van der Waals surface area contributed by atoms with E-state index in [2.05, 4.69) is 0 Å². The van der Waals surface area contributed by atoms with Gasteiger partial charge in [-0.1, -0.05) is 0 Å². The molecule has 0 atom stereocenters. The zero-order chi connectivity index (χ0) is 4.50. The number of rotatable bonds is 0. The van der Waals surface area contributed by atoms with Crippen LogP contribution in [0.25, 0.3) is 0 Å². The van der Waals surface area contributed by atoms with Crippen LogP contribution in [0.15, 0.2) is 0 Å². The summed E-state index contributed by atoms with van der Waals surface area (Å²) in [5.41, 5.74) is 0. The quantitative estimate of drug-likeness (QED) is 0.310. The molecule has 0 amide bonds. The van der Waals surface area contributed by atoms with Gasteiger partial charge in [0.2, 0.25) is 0 Å². The number of hydrogen-bond acceptors (Lipinski definition) is 4. The first kappa shape index (κ1) is 15.8. The van der Waals surface area contributed by atoms with Crippen molar-refractivity contribution < 1.29 is 49.4 Å². The third-order valence-electron chi connectivity index (χ3n) is 0. The second-order valence-electron chi connectivity index (χ2n) is 0.600. The minimum absolute atomic E-state index is 0. The van der Waals surface area contributed by atoms with E-state index in [1.807, 2.05) is 0 Å². The van der Waals surface area contributed by atoms with Crippen molar-refractivity contribution in [2.24, 2.45) is 0 Å². The molecule has 4 N–H and O–H groups in total. The summed E-state index contributed by atoms with van der Waals surface area (Å²) in [5, 5.41) is 0. The fourth-order valence-electron chi connectivity index (χ4n) is 0. The van der Waals surface area contributed by atoms with Gasteiger partial charge in [-0.05, 0) is 0 Å². The fraction of sp³-hybridized carbons (Fsp3) is 0. The normalized spacial score (nSPS) is 8.57. The van der Waals surface area contributed by atoms with E-state index < -0.39 is 18.1 Å². The van der Waals surface area contributed by atoms with Crippen LogP contribution >= 0.6 is 0 Å². The second-order valence-corrected chi connectivity index (χ2v) is 2.47. The molecule has 0 saturated carbocycles. The molecule has 0 aliphatic carbocycles. The van der Waals surface area contributed by atoms with Crippen molar-refractivity contribution in [3.63, 3.8) is 0 Å². The molecule has 7 heavy (non-hydrogen) atoms. The molecule has 7 heteroatoms. The third-order valence-corrected chi connectivity index (χ3v) is 0. The van der Waals surface area contributed by atoms with Gasteiger partial charge in [-0.15, -0.1) is 0 Å². The Morgan fingerprint density at radius 1 is 0.857 bits per heavy atom. The summed E-state index contributed by atoms with van der Waals surface area (Å²) in [5.74, 6) is 0. The van der Waals surface area contributed by atoms with Crippen LogP contribution in [0.1, 0.15) is 0 Å². The van der Waals surface area contributed by atoms with Gasteiger partial charge in [-0.3, -0.25) is 0 Å². The Bertz CT molecular complexity index is 27.2. The summed E-state index contributed by atoms with van der Waals surface area (Å²) in [6.07, 6.45) is 0. The van der Waals surface area contributed by atoms with Crippen molar-refractivity contribution in [1.29, 1.82) is 0 Å². The molecule has 0 aromatic carbocycles. The monoisotopic (exact) mass is 204 g/mol. The van der Waals surface area contributed by atoms with Gasteiger partial charge in [0.15, 0.2) is 17.4 Å². The third kappa shape index (κ3) is 94.5. The van der Waals surface area contributed by atoms with Crippen LogP contribution in [-0.2, 0) is 34.6 Å². The summed E-state index contributed by atoms with van der Waals surface area (Å²) in [7, 11) is 0. The first-order chi connectivity index (χ1) is 2.00. The molecule has 0 aliphatic rings. The van der Waals surface area contributed by atoms with E-state index in [0.717, 1.165) is 0 Å². The maximum absolute atomic E-state index is 7.38. The van der Waals surface area contributed by atoms with Gasteiger partial charge in [0.1, 0.15) is 0 Å². The average Bonchev–Trinajstić information content (AvgIpc) is 0.722.